The van der Waals surface area contributed by atoms with Gasteiger partial charge in [-0.3, -0.25) is 0 Å². The van der Waals surface area contributed by atoms with Crippen molar-refractivity contribution in [2.24, 2.45) is 0 Å². The average molecular weight is 713 g/mol. The predicted molar refractivity (Wildman–Crippen MR) is 209 cm³/mol. The molecule has 4 rings (SSSR count). The molecule has 0 aliphatic heterocycles. The van der Waals surface area contributed by atoms with Gasteiger partial charge >= 0.3 is 0 Å². The molecule has 52 heavy (non-hydrogen) atoms. The summed E-state index contributed by atoms with van der Waals surface area (Å²) in [5.74, 6) is 1.73. The quantitative estimate of drug-likeness (QED) is 0.0431. The third kappa shape index (κ3) is 15.5. The van der Waals surface area contributed by atoms with Crippen LogP contribution in [0.4, 0.5) is 0 Å². The number of hydrogen-bond donors (Lipinski definition) is 4. The van der Waals surface area contributed by atoms with Crippen LogP contribution in [0.5, 0.6) is 11.5 Å². The Morgan fingerprint density at radius 3 is 1.50 bits per heavy atom. The first-order chi connectivity index (χ1) is 25.7. The Morgan fingerprint density at radius 1 is 0.500 bits per heavy atom. The molecular formula is C44H60N2O6. The lowest BCUT2D eigenvalue weighted by molar-refractivity contribution is -0.0518. The zero-order valence-corrected chi connectivity index (χ0v) is 30.7. The maximum Gasteiger partial charge on any atom is 0.120 e. The molecular weight excluding hydrogens is 652 g/mol. The summed E-state index contributed by atoms with van der Waals surface area (Å²) in [5.41, 5.74) is 0.204. The average Bonchev–Trinajstić information content (AvgIpc) is 3.20. The van der Waals surface area contributed by atoms with E-state index < -0.39 is 17.7 Å². The minimum atomic E-state index is -1.35. The number of rotatable bonds is 29. The molecule has 0 bridgehead atoms. The molecule has 3 atom stereocenters. The highest BCUT2D eigenvalue weighted by Crippen LogP contribution is 2.33. The van der Waals surface area contributed by atoms with Gasteiger partial charge in [-0.1, -0.05) is 123 Å². The molecule has 0 amide bonds. The van der Waals surface area contributed by atoms with Gasteiger partial charge in [-0.05, 0) is 74.2 Å². The lowest BCUT2D eigenvalue weighted by Gasteiger charge is -2.40. The Morgan fingerprint density at radius 2 is 0.962 bits per heavy atom. The van der Waals surface area contributed by atoms with Gasteiger partial charge in [-0.2, -0.15) is 0 Å². The summed E-state index contributed by atoms with van der Waals surface area (Å²) in [6.45, 7) is 5.44. The molecule has 0 spiro atoms. The van der Waals surface area contributed by atoms with E-state index in [1.54, 1.807) is 0 Å². The van der Waals surface area contributed by atoms with Gasteiger partial charge in [0.2, 0.25) is 0 Å². The van der Waals surface area contributed by atoms with E-state index in [1.807, 2.05) is 121 Å². The Balaban J connectivity index is 1.17. The molecule has 0 aliphatic carbocycles. The third-order valence-corrected chi connectivity index (χ3v) is 9.09. The Labute approximate surface area is 311 Å². The molecule has 0 saturated heterocycles. The lowest BCUT2D eigenvalue weighted by atomic mass is 9.81. The van der Waals surface area contributed by atoms with Gasteiger partial charge in [0, 0.05) is 19.8 Å². The minimum Gasteiger partial charge on any atom is -0.491 e. The van der Waals surface area contributed by atoms with Crippen molar-refractivity contribution in [2.45, 2.75) is 69.1 Å². The molecule has 0 fully saturated rings. The zero-order chi connectivity index (χ0) is 36.4. The van der Waals surface area contributed by atoms with E-state index in [4.69, 9.17) is 18.9 Å². The van der Waals surface area contributed by atoms with Crippen LogP contribution in [0.2, 0.25) is 0 Å². The summed E-state index contributed by atoms with van der Waals surface area (Å²) in [6, 6.07) is 38.3. The van der Waals surface area contributed by atoms with Crippen LogP contribution in [-0.2, 0) is 15.1 Å². The largest absolute Gasteiger partial charge is 0.491 e. The van der Waals surface area contributed by atoms with Crippen LogP contribution in [0.3, 0.4) is 0 Å². The predicted octanol–water partition coefficient (Wildman–Crippen LogP) is 7.47. The second kappa shape index (κ2) is 25.3. The van der Waals surface area contributed by atoms with Gasteiger partial charge in [0.25, 0.3) is 0 Å². The van der Waals surface area contributed by atoms with Crippen LogP contribution in [-0.4, -0.2) is 75.5 Å². The van der Waals surface area contributed by atoms with Crippen LogP contribution < -0.4 is 20.1 Å². The molecule has 0 aromatic heterocycles. The van der Waals surface area contributed by atoms with E-state index in [9.17, 15) is 10.2 Å². The molecule has 0 saturated carbocycles. The summed E-state index contributed by atoms with van der Waals surface area (Å²) < 4.78 is 22.9. The first-order valence-corrected chi connectivity index (χ1v) is 19.1. The molecule has 8 nitrogen and oxygen atoms in total. The normalized spacial score (nSPS) is 13.7. The van der Waals surface area contributed by atoms with Crippen molar-refractivity contribution in [3.8, 4) is 11.5 Å². The number of aliphatic hydroxyl groups excluding tert-OH is 1. The number of ether oxygens (including phenoxy) is 4. The van der Waals surface area contributed by atoms with Crippen LogP contribution in [0.1, 0.15) is 68.6 Å². The van der Waals surface area contributed by atoms with Gasteiger partial charge in [0.1, 0.15) is 30.3 Å². The van der Waals surface area contributed by atoms with E-state index in [2.05, 4.69) is 10.6 Å². The van der Waals surface area contributed by atoms with Crippen molar-refractivity contribution in [2.75, 3.05) is 59.3 Å². The maximum atomic E-state index is 12.5. The van der Waals surface area contributed by atoms with E-state index in [0.717, 1.165) is 87.1 Å². The Hall–Kier alpha value is -3.76. The summed E-state index contributed by atoms with van der Waals surface area (Å²) in [5, 5.41) is 31.3. The van der Waals surface area contributed by atoms with Crippen molar-refractivity contribution >= 4 is 0 Å². The number of unbranched alkanes of at least 4 members (excludes halogenated alkanes) is 6. The second-order valence-corrected chi connectivity index (χ2v) is 13.1. The molecule has 4 N–H and O–H groups in total. The second-order valence-electron chi connectivity index (χ2n) is 13.1. The molecule has 282 valence electrons. The van der Waals surface area contributed by atoms with E-state index in [-0.39, 0.29) is 0 Å². The van der Waals surface area contributed by atoms with Crippen LogP contribution in [0.25, 0.3) is 0 Å². The van der Waals surface area contributed by atoms with Crippen molar-refractivity contribution in [3.63, 3.8) is 0 Å². The molecule has 0 aliphatic rings. The summed E-state index contributed by atoms with van der Waals surface area (Å²) in [6.07, 6.45) is 7.23. The standard InChI is InChI=1S/C44H60N2O6/c47-42(38-21-9-5-10-22-38)43(46-30-18-2-4-20-32-50-34-36-52-41-27-15-8-16-28-41)44(48,39-23-11-6-12-24-39)37-45-29-17-1-3-19-31-49-33-35-51-40-25-13-7-14-26-40/h5-16,21-28,42-43,45-48H,1-4,17-20,29-37H2. The van der Waals surface area contributed by atoms with E-state index >= 15 is 0 Å². The highest BCUT2D eigenvalue weighted by Gasteiger charge is 2.42. The van der Waals surface area contributed by atoms with Gasteiger partial charge in [0.05, 0.1) is 25.4 Å². The van der Waals surface area contributed by atoms with Gasteiger partial charge < -0.3 is 39.8 Å². The fourth-order valence-electron chi connectivity index (χ4n) is 6.20. The Kier molecular flexibility index (Phi) is 19.9. The molecule has 4 aromatic carbocycles. The molecule has 0 heterocycles. The van der Waals surface area contributed by atoms with Crippen molar-refractivity contribution in [1.82, 2.24) is 10.6 Å². The van der Waals surface area contributed by atoms with Gasteiger partial charge in [0.15, 0.2) is 0 Å². The van der Waals surface area contributed by atoms with E-state index in [1.165, 1.54) is 0 Å². The first kappa shape index (κ1) is 41.0. The number of nitrogens with one attached hydrogen (secondary N) is 2. The SMILES string of the molecule is OC(c1ccccc1)C(NCCCCCCOCCOc1ccccc1)C(O)(CNCCCCCCOCCOc1ccccc1)c1ccccc1. The van der Waals surface area contributed by atoms with Crippen LogP contribution in [0.15, 0.2) is 121 Å². The van der Waals surface area contributed by atoms with Crippen LogP contribution in [0, 0.1) is 0 Å². The van der Waals surface area contributed by atoms with Gasteiger partial charge in [-0.25, -0.2) is 0 Å². The zero-order valence-electron chi connectivity index (χ0n) is 30.7. The number of benzene rings is 4. The maximum absolute atomic E-state index is 12.5. The number of hydrogen-bond acceptors (Lipinski definition) is 8. The van der Waals surface area contributed by atoms with Crippen molar-refractivity contribution in [3.05, 3.63) is 132 Å². The molecule has 3 unspecified atom stereocenters. The third-order valence-electron chi connectivity index (χ3n) is 9.09. The number of aliphatic hydroxyl groups is 2. The molecule has 0 radical (unpaired) electrons. The smallest absolute Gasteiger partial charge is 0.120 e. The van der Waals surface area contributed by atoms with Gasteiger partial charge in [-0.15, -0.1) is 0 Å². The van der Waals surface area contributed by atoms with Crippen LogP contribution >= 0.6 is 0 Å². The molecule has 8 heteroatoms. The Bertz CT molecular complexity index is 1420. The monoisotopic (exact) mass is 712 g/mol. The highest BCUT2D eigenvalue weighted by molar-refractivity contribution is 5.29. The highest BCUT2D eigenvalue weighted by atomic mass is 16.5. The van der Waals surface area contributed by atoms with Crippen molar-refractivity contribution < 1.29 is 29.2 Å². The topological polar surface area (TPSA) is 101 Å². The summed E-state index contributed by atoms with van der Waals surface area (Å²) in [7, 11) is 0. The summed E-state index contributed by atoms with van der Waals surface area (Å²) >= 11 is 0. The van der Waals surface area contributed by atoms with E-state index in [0.29, 0.717) is 46.1 Å². The molecule has 4 aromatic rings. The fourth-order valence-corrected chi connectivity index (χ4v) is 6.20. The minimum absolute atomic E-state index is 0.314. The van der Waals surface area contributed by atoms with Crippen molar-refractivity contribution in [1.29, 1.82) is 0 Å². The fraction of sp³-hybridized carbons (Fsp3) is 0.455. The lowest BCUT2D eigenvalue weighted by Crippen LogP contribution is -2.57. The number of para-hydroxylation sites is 2. The first-order valence-electron chi connectivity index (χ1n) is 19.1. The summed E-state index contributed by atoms with van der Waals surface area (Å²) in [4.78, 5) is 0.